The Labute approximate surface area is 238 Å². The molecule has 1 fully saturated rings. The summed E-state index contributed by atoms with van der Waals surface area (Å²) < 4.78 is 18.0. The maximum absolute atomic E-state index is 13.4. The first-order valence-corrected chi connectivity index (χ1v) is 13.6. The van der Waals surface area contributed by atoms with Crippen LogP contribution in [0.25, 0.3) is 5.65 Å². The van der Waals surface area contributed by atoms with Gasteiger partial charge in [0.1, 0.15) is 29.1 Å². The van der Waals surface area contributed by atoms with Crippen LogP contribution in [0.15, 0.2) is 53.2 Å². The number of nitrogens with one attached hydrogen (secondary N) is 2. The summed E-state index contributed by atoms with van der Waals surface area (Å²) in [6, 6.07) is 2.13. The number of carbonyl (C=O) groups is 2. The molecule has 1 unspecified atom stereocenters. The van der Waals surface area contributed by atoms with E-state index in [4.69, 9.17) is 18.9 Å². The number of rotatable bonds is 7. The van der Waals surface area contributed by atoms with E-state index in [0.717, 1.165) is 31.4 Å². The molecule has 5 rings (SSSR count). The van der Waals surface area contributed by atoms with Crippen LogP contribution in [0.1, 0.15) is 56.8 Å². The molecule has 13 nitrogen and oxygen atoms in total. The number of carbonyl (C=O) groups excluding carboxylic acids is 2. The van der Waals surface area contributed by atoms with Crippen LogP contribution in [0, 0.1) is 0 Å². The fourth-order valence-corrected chi connectivity index (χ4v) is 4.87. The number of allylic oxidation sites excluding steroid dienone is 2. The van der Waals surface area contributed by atoms with Gasteiger partial charge in [0.05, 0.1) is 25.0 Å². The van der Waals surface area contributed by atoms with E-state index in [2.05, 4.69) is 20.7 Å². The zero-order valence-corrected chi connectivity index (χ0v) is 24.0. The number of fused-ring (bicyclic) bond motifs is 1. The maximum atomic E-state index is 13.4. The van der Waals surface area contributed by atoms with Crippen molar-refractivity contribution in [2.45, 2.75) is 64.2 Å². The minimum Gasteiger partial charge on any atom is -0.443 e. The second kappa shape index (κ2) is 11.6. The van der Waals surface area contributed by atoms with Gasteiger partial charge >= 0.3 is 12.1 Å². The highest BCUT2D eigenvalue weighted by molar-refractivity contribution is 6.00. The lowest BCUT2D eigenvalue weighted by atomic mass is 9.92. The Kier molecular flexibility index (Phi) is 7.97. The number of aromatic nitrogens is 4. The molecular formula is C28H36N8O5. The Hall–Kier alpha value is -4.39. The third kappa shape index (κ3) is 6.51. The molecule has 0 aromatic carbocycles. The molecule has 0 bridgehead atoms. The first kappa shape index (κ1) is 28.1. The summed E-state index contributed by atoms with van der Waals surface area (Å²) in [7, 11) is 3.29. The van der Waals surface area contributed by atoms with Crippen molar-refractivity contribution in [3.8, 4) is 0 Å². The van der Waals surface area contributed by atoms with Crippen molar-refractivity contribution in [1.82, 2.24) is 24.9 Å². The van der Waals surface area contributed by atoms with E-state index in [0.29, 0.717) is 35.4 Å². The van der Waals surface area contributed by atoms with Crippen molar-refractivity contribution in [3.63, 3.8) is 0 Å². The van der Waals surface area contributed by atoms with Gasteiger partial charge < -0.3 is 24.5 Å². The maximum Gasteiger partial charge on any atom is 0.415 e. The summed E-state index contributed by atoms with van der Waals surface area (Å²) >= 11 is 0. The zero-order valence-electron chi connectivity index (χ0n) is 24.0. The fourth-order valence-electron chi connectivity index (χ4n) is 4.87. The molecule has 2 aliphatic rings. The lowest BCUT2D eigenvalue weighted by Crippen LogP contribution is -2.40. The standard InChI is InChI=1S/C28H36N8O5/c1-28(2,3)41-27(38)34(4)23-15-22(31-19-9-7-12-35(17-19)26-29-11-13-40-26)33-24-21(16-30-36(23)24)25(37)32-18-8-6-10-20(14-18)39-5/h7,9,11-13,15-16,18,20H,6,8,10,14,17H2,1-5H3,(H,31,33)(H,32,37)/t18?,20-/m1/s1. The molecule has 1 saturated carbocycles. The number of nitrogens with zero attached hydrogens (tertiary/aromatic N) is 6. The number of hydrogen-bond acceptors (Lipinski definition) is 10. The van der Waals surface area contributed by atoms with Crippen molar-refractivity contribution in [1.29, 1.82) is 0 Å². The van der Waals surface area contributed by atoms with Gasteiger partial charge in [-0.3, -0.25) is 14.6 Å². The van der Waals surface area contributed by atoms with Crippen molar-refractivity contribution >= 4 is 35.3 Å². The normalized spacial score (nSPS) is 19.1. The summed E-state index contributed by atoms with van der Waals surface area (Å²) in [5, 5.41) is 10.9. The third-order valence-corrected chi connectivity index (χ3v) is 6.86. The highest BCUT2D eigenvalue weighted by atomic mass is 16.6. The second-order valence-electron chi connectivity index (χ2n) is 11.1. The van der Waals surface area contributed by atoms with Gasteiger partial charge in [0, 0.05) is 38.2 Å². The molecule has 1 aliphatic heterocycles. The molecule has 0 saturated heterocycles. The van der Waals surface area contributed by atoms with Gasteiger partial charge in [-0.1, -0.05) is 0 Å². The van der Waals surface area contributed by atoms with E-state index >= 15 is 0 Å². The Bertz CT molecular complexity index is 1460. The Morgan fingerprint density at radius 1 is 1.24 bits per heavy atom. The van der Waals surface area contributed by atoms with Crippen LogP contribution in [0.2, 0.25) is 0 Å². The summed E-state index contributed by atoms with van der Waals surface area (Å²) in [5.74, 6) is 0.509. The van der Waals surface area contributed by atoms with E-state index in [-0.39, 0.29) is 18.1 Å². The van der Waals surface area contributed by atoms with Gasteiger partial charge in [0.15, 0.2) is 5.65 Å². The fraction of sp³-hybridized carbons (Fsp3) is 0.464. The largest absolute Gasteiger partial charge is 0.443 e. The van der Waals surface area contributed by atoms with Crippen molar-refractivity contribution in [2.24, 2.45) is 0 Å². The average molecular weight is 565 g/mol. The molecular weight excluding hydrogens is 528 g/mol. The molecule has 0 spiro atoms. The van der Waals surface area contributed by atoms with Crippen LogP contribution in [0.3, 0.4) is 0 Å². The molecule has 4 heterocycles. The van der Waals surface area contributed by atoms with Gasteiger partial charge in [0.2, 0.25) is 0 Å². The third-order valence-electron chi connectivity index (χ3n) is 6.86. The van der Waals surface area contributed by atoms with Crippen LogP contribution in [0.5, 0.6) is 0 Å². The van der Waals surface area contributed by atoms with Crippen molar-refractivity contribution in [2.75, 3.05) is 35.8 Å². The van der Waals surface area contributed by atoms with Gasteiger partial charge in [-0.05, 0) is 58.6 Å². The van der Waals surface area contributed by atoms with E-state index in [9.17, 15) is 9.59 Å². The van der Waals surface area contributed by atoms with E-state index in [1.54, 1.807) is 47.2 Å². The second-order valence-corrected chi connectivity index (χ2v) is 11.1. The zero-order chi connectivity index (χ0) is 29.1. The van der Waals surface area contributed by atoms with Crippen LogP contribution < -0.4 is 20.4 Å². The Balaban J connectivity index is 1.46. The molecule has 41 heavy (non-hydrogen) atoms. The molecule has 13 heteroatoms. The van der Waals surface area contributed by atoms with Gasteiger partial charge in [0.25, 0.3) is 5.91 Å². The minimum atomic E-state index is -0.698. The van der Waals surface area contributed by atoms with Crippen LogP contribution >= 0.6 is 0 Å². The van der Waals surface area contributed by atoms with Crippen molar-refractivity contribution in [3.05, 3.63) is 54.3 Å². The quantitative estimate of drug-likeness (QED) is 0.431. The van der Waals surface area contributed by atoms with Crippen LogP contribution in [0.4, 0.5) is 22.4 Å². The number of amides is 2. The summed E-state index contributed by atoms with van der Waals surface area (Å²) in [4.78, 5) is 38.6. The molecule has 2 amide bonds. The summed E-state index contributed by atoms with van der Waals surface area (Å²) in [6.07, 6.45) is 13.3. The van der Waals surface area contributed by atoms with Gasteiger partial charge in [-0.15, -0.1) is 0 Å². The highest BCUT2D eigenvalue weighted by Gasteiger charge is 2.28. The van der Waals surface area contributed by atoms with Crippen molar-refractivity contribution < 1.29 is 23.5 Å². The van der Waals surface area contributed by atoms with E-state index in [1.165, 1.54) is 21.9 Å². The molecule has 1 aliphatic carbocycles. The SMILES string of the molecule is CO[C@@H]1CCCC(NC(=O)c2cnn3c(N(C)C(=O)OC(C)(C)C)cc(NC4=CC=CN(c5ncco5)C4)nc23)C1. The predicted octanol–water partition coefficient (Wildman–Crippen LogP) is 4.11. The number of methoxy groups -OCH3 is 1. The number of oxazole rings is 1. The molecule has 218 valence electrons. The smallest absolute Gasteiger partial charge is 0.415 e. The van der Waals surface area contributed by atoms with E-state index in [1.807, 2.05) is 23.3 Å². The molecule has 2 atom stereocenters. The molecule has 2 N–H and O–H groups in total. The highest BCUT2D eigenvalue weighted by Crippen LogP contribution is 2.26. The van der Waals surface area contributed by atoms with Crippen LogP contribution in [-0.2, 0) is 9.47 Å². The first-order chi connectivity index (χ1) is 19.6. The average Bonchev–Trinajstić information content (AvgIpc) is 3.62. The Morgan fingerprint density at radius 3 is 2.80 bits per heavy atom. The molecule has 3 aromatic rings. The molecule has 0 radical (unpaired) electrons. The monoisotopic (exact) mass is 564 g/mol. The lowest BCUT2D eigenvalue weighted by molar-refractivity contribution is 0.0561. The molecule has 3 aromatic heterocycles. The predicted molar refractivity (Wildman–Crippen MR) is 153 cm³/mol. The minimum absolute atomic E-state index is 0.0123. The van der Waals surface area contributed by atoms with Crippen LogP contribution in [-0.4, -0.2) is 70.0 Å². The number of ether oxygens (including phenoxy) is 2. The number of hydrogen-bond donors (Lipinski definition) is 2. The summed E-state index contributed by atoms with van der Waals surface area (Å²) in [5.41, 5.74) is 0.697. The van der Waals surface area contributed by atoms with Gasteiger partial charge in [-0.25, -0.2) is 14.8 Å². The van der Waals surface area contributed by atoms with E-state index < -0.39 is 11.7 Å². The Morgan fingerprint density at radius 2 is 2.07 bits per heavy atom. The lowest BCUT2D eigenvalue weighted by Gasteiger charge is -2.28. The first-order valence-electron chi connectivity index (χ1n) is 13.6. The number of anilines is 3. The summed E-state index contributed by atoms with van der Waals surface area (Å²) in [6.45, 7) is 5.83. The topological polar surface area (TPSA) is 139 Å². The van der Waals surface area contributed by atoms with Gasteiger partial charge in [-0.2, -0.15) is 9.61 Å².